The fraction of sp³-hybridized carbons (Fsp3) is 1.00. The van der Waals surface area contributed by atoms with E-state index in [1.165, 1.54) is 25.9 Å². The summed E-state index contributed by atoms with van der Waals surface area (Å²) in [5.74, 6) is 0. The highest BCUT2D eigenvalue weighted by atomic mass is 16.5. The Hall–Kier alpha value is -0.120. The van der Waals surface area contributed by atoms with Crippen molar-refractivity contribution < 1.29 is 4.74 Å². The maximum Gasteiger partial charge on any atom is 0.0670 e. The first-order valence-electron chi connectivity index (χ1n) is 5.18. The minimum atomic E-state index is 0.357. The Morgan fingerprint density at radius 2 is 2.38 bits per heavy atom. The standard InChI is InChI=1S/C10H22N2O/c1-9(13-3)7-12-6-4-5-10(8-12)11-2/h9-11H,4-8H2,1-3H3. The van der Waals surface area contributed by atoms with Gasteiger partial charge in [-0.25, -0.2) is 0 Å². The molecule has 2 atom stereocenters. The largest absolute Gasteiger partial charge is 0.380 e. The van der Waals surface area contributed by atoms with Gasteiger partial charge in [0.15, 0.2) is 0 Å². The Labute approximate surface area is 81.4 Å². The molecular formula is C10H22N2O. The number of nitrogens with one attached hydrogen (secondary N) is 1. The molecule has 3 nitrogen and oxygen atoms in total. The molecule has 0 aliphatic carbocycles. The Balaban J connectivity index is 2.25. The van der Waals surface area contributed by atoms with Crippen LogP contribution >= 0.6 is 0 Å². The van der Waals surface area contributed by atoms with E-state index in [4.69, 9.17) is 4.74 Å². The summed E-state index contributed by atoms with van der Waals surface area (Å²) in [6.07, 6.45) is 2.98. The van der Waals surface area contributed by atoms with Crippen molar-refractivity contribution in [2.24, 2.45) is 0 Å². The summed E-state index contributed by atoms with van der Waals surface area (Å²) in [5, 5.41) is 3.34. The monoisotopic (exact) mass is 186 g/mol. The molecule has 1 aliphatic rings. The summed E-state index contributed by atoms with van der Waals surface area (Å²) in [6.45, 7) is 5.59. The van der Waals surface area contributed by atoms with E-state index in [-0.39, 0.29) is 0 Å². The third-order valence-corrected chi connectivity index (χ3v) is 2.83. The third-order valence-electron chi connectivity index (χ3n) is 2.83. The van der Waals surface area contributed by atoms with Gasteiger partial charge in [0.25, 0.3) is 0 Å². The van der Waals surface area contributed by atoms with Crippen molar-refractivity contribution in [1.29, 1.82) is 0 Å². The van der Waals surface area contributed by atoms with Crippen LogP contribution in [0.1, 0.15) is 19.8 Å². The van der Waals surface area contributed by atoms with Gasteiger partial charge in [-0.05, 0) is 33.4 Å². The van der Waals surface area contributed by atoms with Gasteiger partial charge < -0.3 is 10.1 Å². The highest BCUT2D eigenvalue weighted by Gasteiger charge is 2.19. The quantitative estimate of drug-likeness (QED) is 0.699. The van der Waals surface area contributed by atoms with E-state index in [2.05, 4.69) is 17.1 Å². The molecule has 0 aromatic rings. The fourth-order valence-electron chi connectivity index (χ4n) is 1.90. The van der Waals surface area contributed by atoms with Crippen LogP contribution in [0, 0.1) is 0 Å². The topological polar surface area (TPSA) is 24.5 Å². The number of methoxy groups -OCH3 is 1. The predicted octanol–water partition coefficient (Wildman–Crippen LogP) is 0.705. The van der Waals surface area contributed by atoms with Crippen LogP contribution in [0.3, 0.4) is 0 Å². The Morgan fingerprint density at radius 3 is 3.00 bits per heavy atom. The average molecular weight is 186 g/mol. The minimum absolute atomic E-state index is 0.357. The summed E-state index contributed by atoms with van der Waals surface area (Å²) >= 11 is 0. The lowest BCUT2D eigenvalue weighted by Crippen LogP contribution is -2.46. The molecule has 0 aromatic heterocycles. The van der Waals surface area contributed by atoms with Crippen LogP contribution in [0.25, 0.3) is 0 Å². The molecule has 1 heterocycles. The van der Waals surface area contributed by atoms with E-state index in [9.17, 15) is 0 Å². The lowest BCUT2D eigenvalue weighted by Gasteiger charge is -2.33. The van der Waals surface area contributed by atoms with Gasteiger partial charge in [0.05, 0.1) is 6.10 Å². The van der Waals surface area contributed by atoms with E-state index in [0.717, 1.165) is 6.54 Å². The molecule has 0 bridgehead atoms. The highest BCUT2D eigenvalue weighted by molar-refractivity contribution is 4.77. The lowest BCUT2D eigenvalue weighted by molar-refractivity contribution is 0.0645. The smallest absolute Gasteiger partial charge is 0.0670 e. The van der Waals surface area contributed by atoms with Crippen LogP contribution in [0.4, 0.5) is 0 Å². The second-order valence-electron chi connectivity index (χ2n) is 3.93. The molecule has 3 heteroatoms. The number of hydrogen-bond donors (Lipinski definition) is 1. The number of hydrogen-bond acceptors (Lipinski definition) is 3. The minimum Gasteiger partial charge on any atom is -0.380 e. The van der Waals surface area contributed by atoms with Crippen molar-refractivity contribution >= 4 is 0 Å². The summed E-state index contributed by atoms with van der Waals surface area (Å²) in [5.41, 5.74) is 0. The van der Waals surface area contributed by atoms with Crippen molar-refractivity contribution in [3.8, 4) is 0 Å². The number of likely N-dealkylation sites (N-methyl/N-ethyl adjacent to an activating group) is 1. The normalized spacial score (nSPS) is 27.5. The first-order chi connectivity index (χ1) is 6.26. The van der Waals surface area contributed by atoms with Crippen molar-refractivity contribution in [2.45, 2.75) is 31.9 Å². The van der Waals surface area contributed by atoms with Crippen LogP contribution in [0.2, 0.25) is 0 Å². The number of ether oxygens (including phenoxy) is 1. The summed E-state index contributed by atoms with van der Waals surface area (Å²) in [6, 6.07) is 0.679. The molecule has 0 radical (unpaired) electrons. The highest BCUT2D eigenvalue weighted by Crippen LogP contribution is 2.10. The first-order valence-corrected chi connectivity index (χ1v) is 5.18. The van der Waals surface area contributed by atoms with Gasteiger partial charge in [0, 0.05) is 26.2 Å². The third kappa shape index (κ3) is 3.63. The van der Waals surface area contributed by atoms with E-state index in [1.807, 2.05) is 7.05 Å². The van der Waals surface area contributed by atoms with Gasteiger partial charge in [0.2, 0.25) is 0 Å². The lowest BCUT2D eigenvalue weighted by atomic mass is 10.1. The van der Waals surface area contributed by atoms with E-state index in [1.54, 1.807) is 7.11 Å². The van der Waals surface area contributed by atoms with Gasteiger partial charge in [0.1, 0.15) is 0 Å². The van der Waals surface area contributed by atoms with Crippen molar-refractivity contribution in [3.63, 3.8) is 0 Å². The van der Waals surface area contributed by atoms with Crippen LogP contribution in [0.15, 0.2) is 0 Å². The molecule has 0 spiro atoms. The first kappa shape index (κ1) is 11.0. The maximum atomic E-state index is 5.26. The molecule has 1 fully saturated rings. The van der Waals surface area contributed by atoms with Crippen LogP contribution in [0.5, 0.6) is 0 Å². The second kappa shape index (κ2) is 5.58. The molecule has 1 N–H and O–H groups in total. The second-order valence-corrected chi connectivity index (χ2v) is 3.93. The predicted molar refractivity (Wildman–Crippen MR) is 55.0 cm³/mol. The van der Waals surface area contributed by atoms with Crippen LogP contribution in [-0.2, 0) is 4.74 Å². The van der Waals surface area contributed by atoms with Crippen molar-refractivity contribution in [3.05, 3.63) is 0 Å². The van der Waals surface area contributed by atoms with Gasteiger partial charge in [-0.3, -0.25) is 4.90 Å². The van der Waals surface area contributed by atoms with Gasteiger partial charge in [-0.15, -0.1) is 0 Å². The molecule has 78 valence electrons. The average Bonchev–Trinajstić information content (AvgIpc) is 2.18. The molecule has 2 unspecified atom stereocenters. The number of nitrogens with zero attached hydrogens (tertiary/aromatic N) is 1. The number of piperidine rings is 1. The van der Waals surface area contributed by atoms with E-state index < -0.39 is 0 Å². The van der Waals surface area contributed by atoms with Crippen LogP contribution < -0.4 is 5.32 Å². The van der Waals surface area contributed by atoms with E-state index >= 15 is 0 Å². The van der Waals surface area contributed by atoms with Crippen molar-refractivity contribution in [1.82, 2.24) is 10.2 Å². The fourth-order valence-corrected chi connectivity index (χ4v) is 1.90. The Morgan fingerprint density at radius 1 is 1.62 bits per heavy atom. The Bertz CT molecular complexity index is 139. The molecule has 1 saturated heterocycles. The SMILES string of the molecule is CNC1CCCN(CC(C)OC)C1. The molecule has 0 saturated carbocycles. The van der Waals surface area contributed by atoms with Crippen molar-refractivity contribution in [2.75, 3.05) is 33.8 Å². The molecule has 1 aliphatic heterocycles. The maximum absolute atomic E-state index is 5.26. The Kier molecular flexibility index (Phi) is 4.70. The van der Waals surface area contributed by atoms with Gasteiger partial charge in [-0.2, -0.15) is 0 Å². The van der Waals surface area contributed by atoms with Gasteiger partial charge >= 0.3 is 0 Å². The zero-order valence-corrected chi connectivity index (χ0v) is 9.05. The summed E-state index contributed by atoms with van der Waals surface area (Å²) in [4.78, 5) is 2.48. The molecule has 13 heavy (non-hydrogen) atoms. The van der Waals surface area contributed by atoms with Gasteiger partial charge in [-0.1, -0.05) is 0 Å². The summed E-state index contributed by atoms with van der Waals surface area (Å²) < 4.78 is 5.26. The zero-order valence-electron chi connectivity index (χ0n) is 9.05. The molecule has 0 aromatic carbocycles. The molecule has 1 rings (SSSR count). The number of rotatable bonds is 4. The van der Waals surface area contributed by atoms with E-state index in [0.29, 0.717) is 12.1 Å². The number of likely N-dealkylation sites (tertiary alicyclic amines) is 1. The molecule has 0 amide bonds. The molecular weight excluding hydrogens is 164 g/mol. The summed E-state index contributed by atoms with van der Waals surface area (Å²) in [7, 11) is 3.83. The zero-order chi connectivity index (χ0) is 9.68. The van der Waals surface area contributed by atoms with Crippen LogP contribution in [-0.4, -0.2) is 50.8 Å².